The Hall–Kier alpha value is -2.34. The Balaban J connectivity index is 1.69. The van der Waals surface area contributed by atoms with Gasteiger partial charge < -0.3 is 14.4 Å². The van der Waals surface area contributed by atoms with E-state index in [1.54, 1.807) is 0 Å². The van der Waals surface area contributed by atoms with Crippen LogP contribution in [0.15, 0.2) is 35.9 Å². The zero-order valence-corrected chi connectivity index (χ0v) is 19.5. The molecule has 1 aromatic rings. The van der Waals surface area contributed by atoms with E-state index in [-0.39, 0.29) is 24.1 Å². The van der Waals surface area contributed by atoms with Crippen LogP contribution in [0.25, 0.3) is 6.08 Å². The summed E-state index contributed by atoms with van der Waals surface area (Å²) in [6.07, 6.45) is 4.63. The molecular weight excluding hydrogens is 392 g/mol. The van der Waals surface area contributed by atoms with Gasteiger partial charge in [0.1, 0.15) is 5.60 Å². The number of esters is 1. The largest absolute Gasteiger partial charge is 0.468 e. The molecule has 1 aliphatic heterocycles. The Morgan fingerprint density at radius 1 is 1.16 bits per heavy atom. The highest BCUT2D eigenvalue weighted by Gasteiger charge is 2.48. The molecule has 0 unspecified atom stereocenters. The number of methoxy groups -OCH3 is 1. The van der Waals surface area contributed by atoms with Crippen LogP contribution in [-0.4, -0.2) is 66.3 Å². The minimum atomic E-state index is -0.528. The second-order valence-electron chi connectivity index (χ2n) is 9.68. The van der Waals surface area contributed by atoms with Gasteiger partial charge in [0.2, 0.25) is 0 Å². The highest BCUT2D eigenvalue weighted by Crippen LogP contribution is 2.44. The highest BCUT2D eigenvalue weighted by molar-refractivity contribution is 5.71. The Kier molecular flexibility index (Phi) is 7.42. The third kappa shape index (κ3) is 6.57. The second-order valence-corrected chi connectivity index (χ2v) is 9.68. The van der Waals surface area contributed by atoms with Gasteiger partial charge in [0.25, 0.3) is 0 Å². The fourth-order valence-corrected chi connectivity index (χ4v) is 4.37. The number of hydrogen-bond donors (Lipinski definition) is 0. The Morgan fingerprint density at radius 2 is 1.81 bits per heavy atom. The molecule has 1 aromatic carbocycles. The first kappa shape index (κ1) is 23.3. The molecular formula is C25H36N2O4. The first-order chi connectivity index (χ1) is 14.7. The molecule has 2 aliphatic rings. The maximum absolute atomic E-state index is 13.2. The van der Waals surface area contributed by atoms with Crippen LogP contribution >= 0.6 is 0 Å². The second kappa shape index (κ2) is 9.86. The van der Waals surface area contributed by atoms with Crippen molar-refractivity contribution in [2.45, 2.75) is 64.6 Å². The maximum Gasteiger partial charge on any atom is 0.410 e. The predicted molar refractivity (Wildman–Crippen MR) is 122 cm³/mol. The van der Waals surface area contributed by atoms with E-state index < -0.39 is 5.60 Å². The van der Waals surface area contributed by atoms with Gasteiger partial charge in [-0.3, -0.25) is 9.69 Å². The van der Waals surface area contributed by atoms with Gasteiger partial charge in [-0.15, -0.1) is 0 Å². The molecule has 0 aromatic heterocycles. The number of benzene rings is 1. The lowest BCUT2D eigenvalue weighted by Gasteiger charge is -2.39. The number of ether oxygens (including phenoxy) is 2. The lowest BCUT2D eigenvalue weighted by atomic mass is 10.0. The minimum absolute atomic E-state index is 0.128. The summed E-state index contributed by atoms with van der Waals surface area (Å²) in [5, 5.41) is 0. The van der Waals surface area contributed by atoms with Gasteiger partial charge in [-0.2, -0.15) is 0 Å². The summed E-state index contributed by atoms with van der Waals surface area (Å²) in [6, 6.07) is 10.6. The number of piperidine rings is 1. The van der Waals surface area contributed by atoms with Crippen molar-refractivity contribution < 1.29 is 19.1 Å². The lowest BCUT2D eigenvalue weighted by molar-refractivity contribution is -0.142. The maximum atomic E-state index is 13.2. The Morgan fingerprint density at radius 3 is 2.39 bits per heavy atom. The number of carbonyl (C=O) groups excluding carboxylic acids is 2. The Labute approximate surface area is 186 Å². The monoisotopic (exact) mass is 428 g/mol. The van der Waals surface area contributed by atoms with Crippen molar-refractivity contribution in [2.75, 3.05) is 26.7 Å². The summed E-state index contributed by atoms with van der Waals surface area (Å²) in [6.45, 7) is 9.74. The van der Waals surface area contributed by atoms with Gasteiger partial charge in [0.05, 0.1) is 13.7 Å². The topological polar surface area (TPSA) is 59.1 Å². The molecule has 1 heterocycles. The third-order valence-electron chi connectivity index (χ3n) is 6.03. The quantitative estimate of drug-likeness (QED) is 0.631. The highest BCUT2D eigenvalue weighted by atomic mass is 16.6. The van der Waals surface area contributed by atoms with Gasteiger partial charge in [0, 0.05) is 31.1 Å². The molecule has 6 heteroatoms. The van der Waals surface area contributed by atoms with Crippen molar-refractivity contribution in [3.05, 3.63) is 41.5 Å². The molecule has 0 bridgehead atoms. The van der Waals surface area contributed by atoms with E-state index in [4.69, 9.17) is 9.47 Å². The van der Waals surface area contributed by atoms with Crippen LogP contribution < -0.4 is 0 Å². The molecule has 1 saturated carbocycles. The van der Waals surface area contributed by atoms with Crippen molar-refractivity contribution in [1.29, 1.82) is 0 Å². The molecule has 0 spiro atoms. The van der Waals surface area contributed by atoms with E-state index in [9.17, 15) is 9.59 Å². The Bertz CT molecular complexity index is 791. The fourth-order valence-electron chi connectivity index (χ4n) is 4.37. The van der Waals surface area contributed by atoms with Crippen LogP contribution in [0.5, 0.6) is 0 Å². The molecule has 31 heavy (non-hydrogen) atoms. The number of likely N-dealkylation sites (tertiary alicyclic amines) is 1. The first-order valence-corrected chi connectivity index (χ1v) is 11.2. The normalized spacial score (nSPS) is 22.7. The van der Waals surface area contributed by atoms with Crippen molar-refractivity contribution in [3.63, 3.8) is 0 Å². The minimum Gasteiger partial charge on any atom is -0.468 e. The van der Waals surface area contributed by atoms with E-state index in [0.717, 1.165) is 32.4 Å². The van der Waals surface area contributed by atoms with Crippen LogP contribution in [0.1, 0.15) is 52.5 Å². The van der Waals surface area contributed by atoms with E-state index in [2.05, 4.69) is 30.0 Å². The van der Waals surface area contributed by atoms with E-state index in [0.29, 0.717) is 12.5 Å². The standard InChI is InChI=1S/C25H36N2O4/c1-18(15-19-9-7-6-8-10-19)21-16-22(21)27(24(29)31-25(2,3)4)20-11-13-26(14-12-20)17-23(28)30-5/h6-10,15,20-22H,11-14,16-17H2,1-5H3/b18-15+/t21-,22+/m0/s1. The SMILES string of the molecule is COC(=O)CN1CCC(N(C(=O)OC(C)(C)C)[C@@H]2C[C@H]2/C(C)=C/c2ccccc2)CC1. The summed E-state index contributed by atoms with van der Waals surface area (Å²) >= 11 is 0. The van der Waals surface area contributed by atoms with Crippen molar-refractivity contribution in [1.82, 2.24) is 9.80 Å². The van der Waals surface area contributed by atoms with Gasteiger partial charge >= 0.3 is 12.1 Å². The first-order valence-electron chi connectivity index (χ1n) is 11.2. The van der Waals surface area contributed by atoms with Gasteiger partial charge in [-0.25, -0.2) is 4.79 Å². The van der Waals surface area contributed by atoms with Crippen LogP contribution in [0, 0.1) is 5.92 Å². The molecule has 3 rings (SSSR count). The van der Waals surface area contributed by atoms with Gasteiger partial charge in [-0.05, 0) is 52.5 Å². The number of carbonyl (C=O) groups is 2. The zero-order chi connectivity index (χ0) is 22.6. The van der Waals surface area contributed by atoms with Crippen LogP contribution in [-0.2, 0) is 14.3 Å². The number of nitrogens with zero attached hydrogens (tertiary/aromatic N) is 2. The average molecular weight is 429 g/mol. The smallest absolute Gasteiger partial charge is 0.410 e. The molecule has 0 N–H and O–H groups in total. The molecule has 2 atom stereocenters. The van der Waals surface area contributed by atoms with Crippen molar-refractivity contribution in [2.24, 2.45) is 5.92 Å². The molecule has 170 valence electrons. The molecule has 0 radical (unpaired) electrons. The van der Waals surface area contributed by atoms with Crippen molar-refractivity contribution in [3.8, 4) is 0 Å². The molecule has 1 aliphatic carbocycles. The van der Waals surface area contributed by atoms with Crippen LogP contribution in [0.3, 0.4) is 0 Å². The number of amides is 1. The summed E-state index contributed by atoms with van der Waals surface area (Å²) in [5.74, 6) is 0.146. The van der Waals surface area contributed by atoms with Crippen molar-refractivity contribution >= 4 is 18.1 Å². The summed E-state index contributed by atoms with van der Waals surface area (Å²) < 4.78 is 10.6. The van der Waals surface area contributed by atoms with Gasteiger partial charge in [0.15, 0.2) is 0 Å². The van der Waals surface area contributed by atoms with E-state index >= 15 is 0 Å². The summed E-state index contributed by atoms with van der Waals surface area (Å²) in [4.78, 5) is 28.9. The zero-order valence-electron chi connectivity index (χ0n) is 19.5. The predicted octanol–water partition coefficient (Wildman–Crippen LogP) is 4.35. The van der Waals surface area contributed by atoms with E-state index in [1.165, 1.54) is 18.2 Å². The van der Waals surface area contributed by atoms with Crippen LogP contribution in [0.2, 0.25) is 0 Å². The lowest BCUT2D eigenvalue weighted by Crippen LogP contribution is -2.51. The van der Waals surface area contributed by atoms with E-state index in [1.807, 2.05) is 43.9 Å². The molecule has 1 saturated heterocycles. The van der Waals surface area contributed by atoms with Gasteiger partial charge in [-0.1, -0.05) is 42.0 Å². The number of hydrogen-bond acceptors (Lipinski definition) is 5. The third-order valence-corrected chi connectivity index (χ3v) is 6.03. The van der Waals surface area contributed by atoms with Crippen LogP contribution in [0.4, 0.5) is 4.79 Å². The number of rotatable bonds is 6. The fraction of sp³-hybridized carbons (Fsp3) is 0.600. The summed E-state index contributed by atoms with van der Waals surface area (Å²) in [7, 11) is 1.41. The molecule has 1 amide bonds. The average Bonchev–Trinajstić information content (AvgIpc) is 3.49. The molecule has 2 fully saturated rings. The summed E-state index contributed by atoms with van der Waals surface area (Å²) in [5.41, 5.74) is 1.96. The molecule has 6 nitrogen and oxygen atoms in total.